The molecule has 0 radical (unpaired) electrons. The molecule has 0 heterocycles. The highest BCUT2D eigenvalue weighted by Gasteiger charge is 2.25. The third kappa shape index (κ3) is 3.52. The molecule has 5 heteroatoms. The van der Waals surface area contributed by atoms with Crippen molar-refractivity contribution in [3.05, 3.63) is 33.8 Å². The van der Waals surface area contributed by atoms with Crippen LogP contribution in [-0.2, 0) is 9.53 Å². The van der Waals surface area contributed by atoms with Gasteiger partial charge in [-0.2, -0.15) is 0 Å². The fraction of sp³-hybridized carbons (Fsp3) is 0.417. The van der Waals surface area contributed by atoms with Gasteiger partial charge in [0.15, 0.2) is 0 Å². The Balaban J connectivity index is 2.84. The molecule has 0 saturated carbocycles. The molecule has 4 nitrogen and oxygen atoms in total. The number of aliphatic hydroxyl groups is 1. The minimum atomic E-state index is -1.07. The summed E-state index contributed by atoms with van der Waals surface area (Å²) in [7, 11) is 0. The summed E-state index contributed by atoms with van der Waals surface area (Å²) in [6.07, 6.45) is -1.06. The van der Waals surface area contributed by atoms with Crippen LogP contribution in [-0.4, -0.2) is 23.7 Å². The molecule has 1 aromatic carbocycles. The highest BCUT2D eigenvalue weighted by molar-refractivity contribution is 9.10. The first-order valence-electron chi connectivity index (χ1n) is 5.33. The molecule has 0 aliphatic rings. The van der Waals surface area contributed by atoms with Crippen LogP contribution in [0.1, 0.15) is 24.2 Å². The molecule has 0 amide bonds. The Bertz CT molecular complexity index is 409. The normalized spacial score (nSPS) is 14.2. The van der Waals surface area contributed by atoms with Crippen LogP contribution in [0.2, 0.25) is 0 Å². The molecular weight excluding hydrogens is 286 g/mol. The molecule has 2 unspecified atom stereocenters. The first-order valence-corrected chi connectivity index (χ1v) is 6.13. The number of halogens is 1. The Morgan fingerprint density at radius 1 is 1.59 bits per heavy atom. The molecule has 0 fully saturated rings. The molecule has 1 rings (SSSR count). The average molecular weight is 302 g/mol. The van der Waals surface area contributed by atoms with Gasteiger partial charge < -0.3 is 15.6 Å². The lowest BCUT2D eigenvalue weighted by molar-refractivity contribution is -0.147. The number of carbonyl (C=O) groups excluding carboxylic acids is 1. The van der Waals surface area contributed by atoms with Crippen molar-refractivity contribution < 1.29 is 14.6 Å². The van der Waals surface area contributed by atoms with Crippen LogP contribution in [0.4, 0.5) is 0 Å². The summed E-state index contributed by atoms with van der Waals surface area (Å²) in [5.41, 5.74) is 7.26. The molecule has 94 valence electrons. The second kappa shape index (κ2) is 6.14. The Kier molecular flexibility index (Phi) is 5.11. The highest BCUT2D eigenvalue weighted by atomic mass is 79.9. The Morgan fingerprint density at radius 2 is 2.24 bits per heavy atom. The smallest absolute Gasteiger partial charge is 0.325 e. The highest BCUT2D eigenvalue weighted by Crippen LogP contribution is 2.23. The van der Waals surface area contributed by atoms with Gasteiger partial charge in [0.2, 0.25) is 0 Å². The molecule has 0 aliphatic carbocycles. The van der Waals surface area contributed by atoms with Crippen LogP contribution in [0, 0.1) is 6.92 Å². The second-order valence-corrected chi connectivity index (χ2v) is 4.59. The number of carbonyl (C=O) groups is 1. The standard InChI is InChI=1S/C12H16BrNO3/c1-3-17-12(16)10(14)11(15)8-5-4-7(2)9(13)6-8/h4-6,10-11,15H,3,14H2,1-2H3. The van der Waals surface area contributed by atoms with E-state index in [9.17, 15) is 9.90 Å². The number of aryl methyl sites for hydroxylation is 1. The van der Waals surface area contributed by atoms with Crippen LogP contribution in [0.15, 0.2) is 22.7 Å². The van der Waals surface area contributed by atoms with Gasteiger partial charge in [0.1, 0.15) is 12.1 Å². The summed E-state index contributed by atoms with van der Waals surface area (Å²) >= 11 is 3.36. The van der Waals surface area contributed by atoms with E-state index in [-0.39, 0.29) is 6.61 Å². The van der Waals surface area contributed by atoms with Crippen LogP contribution < -0.4 is 5.73 Å². The largest absolute Gasteiger partial charge is 0.465 e. The predicted octanol–water partition coefficient (Wildman–Crippen LogP) is 1.68. The lowest BCUT2D eigenvalue weighted by atomic mass is 10.0. The fourth-order valence-corrected chi connectivity index (χ4v) is 1.76. The zero-order valence-electron chi connectivity index (χ0n) is 9.81. The fourth-order valence-electron chi connectivity index (χ4n) is 1.37. The van der Waals surface area contributed by atoms with Crippen molar-refractivity contribution in [1.29, 1.82) is 0 Å². The maximum absolute atomic E-state index is 11.4. The van der Waals surface area contributed by atoms with Crippen molar-refractivity contribution in [3.63, 3.8) is 0 Å². The zero-order chi connectivity index (χ0) is 13.0. The average Bonchev–Trinajstić information content (AvgIpc) is 2.31. The summed E-state index contributed by atoms with van der Waals surface area (Å²) in [5, 5.41) is 9.95. The van der Waals surface area contributed by atoms with Crippen molar-refractivity contribution in [3.8, 4) is 0 Å². The van der Waals surface area contributed by atoms with E-state index in [0.29, 0.717) is 5.56 Å². The van der Waals surface area contributed by atoms with E-state index in [4.69, 9.17) is 10.5 Å². The number of aliphatic hydroxyl groups excluding tert-OH is 1. The van der Waals surface area contributed by atoms with E-state index in [1.54, 1.807) is 19.1 Å². The van der Waals surface area contributed by atoms with Crippen molar-refractivity contribution in [1.82, 2.24) is 0 Å². The molecule has 3 N–H and O–H groups in total. The van der Waals surface area contributed by atoms with E-state index in [1.165, 1.54) is 0 Å². The molecule has 2 atom stereocenters. The maximum Gasteiger partial charge on any atom is 0.325 e. The van der Waals surface area contributed by atoms with Crippen LogP contribution in [0.5, 0.6) is 0 Å². The molecule has 0 saturated heterocycles. The minimum Gasteiger partial charge on any atom is -0.465 e. The quantitative estimate of drug-likeness (QED) is 0.830. The van der Waals surface area contributed by atoms with Crippen LogP contribution in [0.25, 0.3) is 0 Å². The molecular formula is C12H16BrNO3. The third-order valence-corrected chi connectivity index (χ3v) is 3.29. The summed E-state index contributed by atoms with van der Waals surface area (Å²) < 4.78 is 5.63. The SMILES string of the molecule is CCOC(=O)C(N)C(O)c1ccc(C)c(Br)c1. The summed E-state index contributed by atoms with van der Waals surface area (Å²) in [6.45, 7) is 3.88. The number of benzene rings is 1. The van der Waals surface area contributed by atoms with Gasteiger partial charge in [-0.05, 0) is 31.0 Å². The summed E-state index contributed by atoms with van der Waals surface area (Å²) in [6, 6.07) is 4.27. The minimum absolute atomic E-state index is 0.247. The number of esters is 1. The van der Waals surface area contributed by atoms with Gasteiger partial charge in [-0.15, -0.1) is 0 Å². The van der Waals surface area contributed by atoms with Crippen molar-refractivity contribution >= 4 is 21.9 Å². The van der Waals surface area contributed by atoms with Crippen LogP contribution >= 0.6 is 15.9 Å². The summed E-state index contributed by atoms with van der Waals surface area (Å²) in [4.78, 5) is 11.4. The monoisotopic (exact) mass is 301 g/mol. The topological polar surface area (TPSA) is 72.5 Å². The number of ether oxygens (including phenoxy) is 1. The Morgan fingerprint density at radius 3 is 2.76 bits per heavy atom. The number of hydrogen-bond acceptors (Lipinski definition) is 4. The molecule has 1 aromatic rings. The van der Waals surface area contributed by atoms with Crippen molar-refractivity contribution in [2.75, 3.05) is 6.61 Å². The Hall–Kier alpha value is -0.910. The Labute approximate surface area is 109 Å². The van der Waals surface area contributed by atoms with Gasteiger partial charge in [0.25, 0.3) is 0 Å². The first kappa shape index (κ1) is 14.2. The number of rotatable bonds is 4. The van der Waals surface area contributed by atoms with E-state index in [0.717, 1.165) is 10.0 Å². The van der Waals surface area contributed by atoms with E-state index in [2.05, 4.69) is 15.9 Å². The van der Waals surface area contributed by atoms with Gasteiger partial charge in [-0.3, -0.25) is 4.79 Å². The first-order chi connectivity index (χ1) is 7.97. The predicted molar refractivity (Wildman–Crippen MR) is 68.4 cm³/mol. The van der Waals surface area contributed by atoms with Crippen molar-refractivity contribution in [2.45, 2.75) is 26.0 Å². The van der Waals surface area contributed by atoms with Gasteiger partial charge >= 0.3 is 5.97 Å². The molecule has 0 aliphatic heterocycles. The molecule has 17 heavy (non-hydrogen) atoms. The van der Waals surface area contributed by atoms with Crippen LogP contribution in [0.3, 0.4) is 0 Å². The maximum atomic E-state index is 11.4. The number of hydrogen-bond donors (Lipinski definition) is 2. The van der Waals surface area contributed by atoms with Gasteiger partial charge in [-0.1, -0.05) is 28.1 Å². The zero-order valence-corrected chi connectivity index (χ0v) is 11.4. The van der Waals surface area contributed by atoms with Gasteiger partial charge in [0.05, 0.1) is 6.61 Å². The summed E-state index contributed by atoms with van der Waals surface area (Å²) in [5.74, 6) is -0.600. The number of nitrogens with two attached hydrogens (primary N) is 1. The third-order valence-electron chi connectivity index (χ3n) is 2.44. The van der Waals surface area contributed by atoms with E-state index >= 15 is 0 Å². The van der Waals surface area contributed by atoms with Gasteiger partial charge in [-0.25, -0.2) is 0 Å². The van der Waals surface area contributed by atoms with E-state index < -0.39 is 18.1 Å². The van der Waals surface area contributed by atoms with Gasteiger partial charge in [0, 0.05) is 4.47 Å². The molecule has 0 bridgehead atoms. The lowest BCUT2D eigenvalue weighted by Crippen LogP contribution is -2.38. The molecule has 0 aromatic heterocycles. The second-order valence-electron chi connectivity index (χ2n) is 3.73. The lowest BCUT2D eigenvalue weighted by Gasteiger charge is -2.18. The molecule has 0 spiro atoms. The van der Waals surface area contributed by atoms with E-state index in [1.807, 2.05) is 13.0 Å². The van der Waals surface area contributed by atoms with Crippen molar-refractivity contribution in [2.24, 2.45) is 5.73 Å².